The molecule has 3 heteroatoms. The van der Waals surface area contributed by atoms with Crippen molar-refractivity contribution in [3.8, 4) is 0 Å². The van der Waals surface area contributed by atoms with E-state index in [4.69, 9.17) is 5.73 Å². The zero-order chi connectivity index (χ0) is 14.0. The van der Waals surface area contributed by atoms with Crippen LogP contribution in [0.4, 0.5) is 5.69 Å². The first-order chi connectivity index (χ1) is 8.99. The molecule has 1 atom stereocenters. The van der Waals surface area contributed by atoms with E-state index in [0.29, 0.717) is 12.6 Å². The van der Waals surface area contributed by atoms with Crippen LogP contribution in [0, 0.1) is 0 Å². The van der Waals surface area contributed by atoms with Gasteiger partial charge < -0.3 is 10.6 Å². The van der Waals surface area contributed by atoms with E-state index in [1.54, 1.807) is 0 Å². The summed E-state index contributed by atoms with van der Waals surface area (Å²) in [6, 6.07) is 9.14. The SMILES string of the molecule is CCc1ccccc1N1CC(C)(C)N(C)CC1CN. The van der Waals surface area contributed by atoms with Crippen molar-refractivity contribution in [3.63, 3.8) is 0 Å². The van der Waals surface area contributed by atoms with Crippen molar-refractivity contribution in [2.24, 2.45) is 5.73 Å². The normalized spacial score (nSPS) is 23.6. The molecule has 1 aliphatic heterocycles. The van der Waals surface area contributed by atoms with Crippen LogP contribution in [0.25, 0.3) is 0 Å². The molecule has 1 fully saturated rings. The highest BCUT2D eigenvalue weighted by atomic mass is 15.3. The number of nitrogens with two attached hydrogens (primary N) is 1. The summed E-state index contributed by atoms with van der Waals surface area (Å²) in [6.07, 6.45) is 1.07. The Labute approximate surface area is 117 Å². The molecule has 1 saturated heterocycles. The number of likely N-dealkylation sites (N-methyl/N-ethyl adjacent to an activating group) is 1. The first-order valence-corrected chi connectivity index (χ1v) is 7.25. The Balaban J connectivity index is 2.35. The molecule has 0 saturated carbocycles. The number of anilines is 1. The van der Waals surface area contributed by atoms with Crippen molar-refractivity contribution < 1.29 is 0 Å². The second kappa shape index (κ2) is 5.51. The maximum absolute atomic E-state index is 6.00. The molecule has 19 heavy (non-hydrogen) atoms. The molecule has 106 valence electrons. The number of para-hydroxylation sites is 1. The van der Waals surface area contributed by atoms with Gasteiger partial charge in [0.15, 0.2) is 0 Å². The Morgan fingerprint density at radius 1 is 1.32 bits per heavy atom. The van der Waals surface area contributed by atoms with Crippen LogP contribution >= 0.6 is 0 Å². The molecule has 1 heterocycles. The third-order valence-corrected chi connectivity index (χ3v) is 4.47. The van der Waals surface area contributed by atoms with E-state index in [1.165, 1.54) is 11.3 Å². The fourth-order valence-electron chi connectivity index (χ4n) is 2.90. The van der Waals surface area contributed by atoms with Crippen molar-refractivity contribution in [1.82, 2.24) is 4.90 Å². The van der Waals surface area contributed by atoms with E-state index in [2.05, 4.69) is 61.9 Å². The van der Waals surface area contributed by atoms with Gasteiger partial charge in [0.25, 0.3) is 0 Å². The standard InChI is InChI=1S/C16H27N3/c1-5-13-8-6-7-9-15(13)19-12-16(2,3)18(4)11-14(19)10-17/h6-9,14H,5,10-12,17H2,1-4H3. The van der Waals surface area contributed by atoms with E-state index in [0.717, 1.165) is 19.5 Å². The zero-order valence-electron chi connectivity index (χ0n) is 12.7. The van der Waals surface area contributed by atoms with Gasteiger partial charge in [0.05, 0.1) is 6.04 Å². The largest absolute Gasteiger partial charge is 0.364 e. The minimum Gasteiger partial charge on any atom is -0.364 e. The predicted molar refractivity (Wildman–Crippen MR) is 82.7 cm³/mol. The predicted octanol–water partition coefficient (Wildman–Crippen LogP) is 2.11. The maximum Gasteiger partial charge on any atom is 0.0540 e. The average molecular weight is 261 g/mol. The van der Waals surface area contributed by atoms with E-state index >= 15 is 0 Å². The lowest BCUT2D eigenvalue weighted by atomic mass is 9.94. The van der Waals surface area contributed by atoms with Gasteiger partial charge in [-0.3, -0.25) is 4.90 Å². The lowest BCUT2D eigenvalue weighted by Gasteiger charge is -2.51. The number of rotatable bonds is 3. The van der Waals surface area contributed by atoms with Crippen LogP contribution in [0.3, 0.4) is 0 Å². The zero-order valence-corrected chi connectivity index (χ0v) is 12.7. The van der Waals surface area contributed by atoms with E-state index in [1.807, 2.05) is 0 Å². The lowest BCUT2D eigenvalue weighted by molar-refractivity contribution is 0.116. The van der Waals surface area contributed by atoms with Crippen molar-refractivity contribution in [1.29, 1.82) is 0 Å². The number of benzene rings is 1. The summed E-state index contributed by atoms with van der Waals surface area (Å²) in [7, 11) is 2.20. The van der Waals surface area contributed by atoms with Crippen LogP contribution in [-0.4, -0.2) is 43.2 Å². The number of piperazine rings is 1. The number of hydrogen-bond acceptors (Lipinski definition) is 3. The molecule has 2 N–H and O–H groups in total. The molecule has 0 radical (unpaired) electrons. The van der Waals surface area contributed by atoms with Gasteiger partial charge >= 0.3 is 0 Å². The molecule has 1 aromatic carbocycles. The van der Waals surface area contributed by atoms with Crippen molar-refractivity contribution in [3.05, 3.63) is 29.8 Å². The molecule has 1 aromatic rings. The van der Waals surface area contributed by atoms with Crippen LogP contribution < -0.4 is 10.6 Å². The molecule has 0 spiro atoms. The molecular weight excluding hydrogens is 234 g/mol. The third kappa shape index (κ3) is 2.77. The smallest absolute Gasteiger partial charge is 0.0540 e. The molecule has 0 bridgehead atoms. The van der Waals surface area contributed by atoms with Gasteiger partial charge in [-0.05, 0) is 38.9 Å². The Morgan fingerprint density at radius 3 is 2.63 bits per heavy atom. The highest BCUT2D eigenvalue weighted by molar-refractivity contribution is 5.55. The summed E-state index contributed by atoms with van der Waals surface area (Å²) in [5.74, 6) is 0. The average Bonchev–Trinajstić information content (AvgIpc) is 2.41. The molecule has 1 unspecified atom stereocenters. The van der Waals surface area contributed by atoms with Gasteiger partial charge in [0, 0.05) is 30.9 Å². The summed E-state index contributed by atoms with van der Waals surface area (Å²) in [5.41, 5.74) is 8.97. The lowest BCUT2D eigenvalue weighted by Crippen LogP contribution is -2.64. The van der Waals surface area contributed by atoms with Crippen LogP contribution in [0.15, 0.2) is 24.3 Å². The van der Waals surface area contributed by atoms with Gasteiger partial charge in [0.2, 0.25) is 0 Å². The van der Waals surface area contributed by atoms with Crippen LogP contribution in [0.5, 0.6) is 0 Å². The summed E-state index contributed by atoms with van der Waals surface area (Å²) >= 11 is 0. The van der Waals surface area contributed by atoms with Gasteiger partial charge in [0.1, 0.15) is 0 Å². The Hall–Kier alpha value is -1.06. The van der Waals surface area contributed by atoms with Crippen molar-refractivity contribution >= 4 is 5.69 Å². The van der Waals surface area contributed by atoms with E-state index < -0.39 is 0 Å². The first kappa shape index (κ1) is 14.4. The van der Waals surface area contributed by atoms with E-state index in [-0.39, 0.29) is 5.54 Å². The third-order valence-electron chi connectivity index (χ3n) is 4.47. The second-order valence-corrected chi connectivity index (χ2v) is 6.19. The van der Waals surface area contributed by atoms with Crippen molar-refractivity contribution in [2.75, 3.05) is 31.6 Å². The number of aryl methyl sites for hydroxylation is 1. The minimum absolute atomic E-state index is 0.187. The van der Waals surface area contributed by atoms with Crippen LogP contribution in [0.1, 0.15) is 26.3 Å². The Morgan fingerprint density at radius 2 is 2.00 bits per heavy atom. The quantitative estimate of drug-likeness (QED) is 0.904. The summed E-state index contributed by atoms with van der Waals surface area (Å²) in [6.45, 7) is 9.60. The van der Waals surface area contributed by atoms with Crippen molar-refractivity contribution in [2.45, 2.75) is 38.8 Å². The van der Waals surface area contributed by atoms with Gasteiger partial charge in [-0.25, -0.2) is 0 Å². The molecule has 2 rings (SSSR count). The van der Waals surface area contributed by atoms with Crippen LogP contribution in [0.2, 0.25) is 0 Å². The first-order valence-electron chi connectivity index (χ1n) is 7.25. The Bertz CT molecular complexity index is 428. The van der Waals surface area contributed by atoms with Crippen LogP contribution in [-0.2, 0) is 6.42 Å². The Kier molecular flexibility index (Phi) is 4.16. The summed E-state index contributed by atoms with van der Waals surface area (Å²) in [4.78, 5) is 4.94. The fourth-order valence-corrected chi connectivity index (χ4v) is 2.90. The highest BCUT2D eigenvalue weighted by Crippen LogP contribution is 2.30. The molecule has 0 amide bonds. The monoisotopic (exact) mass is 261 g/mol. The molecule has 3 nitrogen and oxygen atoms in total. The second-order valence-electron chi connectivity index (χ2n) is 6.19. The summed E-state index contributed by atoms with van der Waals surface area (Å²) in [5, 5.41) is 0. The highest BCUT2D eigenvalue weighted by Gasteiger charge is 2.36. The molecular formula is C16H27N3. The minimum atomic E-state index is 0.187. The molecule has 1 aliphatic rings. The maximum atomic E-state index is 6.00. The molecule has 0 aromatic heterocycles. The van der Waals surface area contributed by atoms with Gasteiger partial charge in [-0.2, -0.15) is 0 Å². The summed E-state index contributed by atoms with van der Waals surface area (Å²) < 4.78 is 0. The van der Waals surface area contributed by atoms with Gasteiger partial charge in [-0.1, -0.05) is 25.1 Å². The van der Waals surface area contributed by atoms with Gasteiger partial charge in [-0.15, -0.1) is 0 Å². The number of hydrogen-bond donors (Lipinski definition) is 1. The fraction of sp³-hybridized carbons (Fsp3) is 0.625. The topological polar surface area (TPSA) is 32.5 Å². The van der Waals surface area contributed by atoms with E-state index in [9.17, 15) is 0 Å². The number of nitrogens with zero attached hydrogens (tertiary/aromatic N) is 2. The molecule has 0 aliphatic carbocycles.